The lowest BCUT2D eigenvalue weighted by Crippen LogP contribution is -2.21. The molecule has 0 bridgehead atoms. The van der Waals surface area contributed by atoms with Gasteiger partial charge in [0.2, 0.25) is 0 Å². The van der Waals surface area contributed by atoms with Crippen molar-refractivity contribution < 1.29 is 9.84 Å². The molecule has 1 aliphatic heterocycles. The quantitative estimate of drug-likeness (QED) is 0.892. The van der Waals surface area contributed by atoms with Gasteiger partial charge in [0.15, 0.2) is 0 Å². The van der Waals surface area contributed by atoms with Gasteiger partial charge in [0.05, 0.1) is 12.2 Å². The van der Waals surface area contributed by atoms with E-state index >= 15 is 0 Å². The molecule has 1 aromatic carbocycles. The molecule has 2 heteroatoms. The van der Waals surface area contributed by atoms with Crippen molar-refractivity contribution in [3.8, 4) is 0 Å². The van der Waals surface area contributed by atoms with E-state index < -0.39 is 0 Å². The lowest BCUT2D eigenvalue weighted by molar-refractivity contribution is 0.00136. The van der Waals surface area contributed by atoms with Crippen LogP contribution in [0.15, 0.2) is 24.3 Å². The normalized spacial score (nSPS) is 32.0. The van der Waals surface area contributed by atoms with Crippen LogP contribution in [0.5, 0.6) is 0 Å². The summed E-state index contributed by atoms with van der Waals surface area (Å²) in [6.45, 7) is 2.97. The minimum atomic E-state index is -0.317. The highest BCUT2D eigenvalue weighted by atomic mass is 16.5. The van der Waals surface area contributed by atoms with E-state index in [2.05, 4.69) is 18.2 Å². The second-order valence-electron chi connectivity index (χ2n) is 6.01. The molecule has 1 saturated carbocycles. The van der Waals surface area contributed by atoms with Crippen molar-refractivity contribution in [2.75, 3.05) is 6.61 Å². The first-order valence-corrected chi connectivity index (χ1v) is 7.69. The summed E-state index contributed by atoms with van der Waals surface area (Å²) in [5.74, 6) is 1.38. The summed E-state index contributed by atoms with van der Waals surface area (Å²) in [6, 6.07) is 8.52. The lowest BCUT2D eigenvalue weighted by Gasteiger charge is -2.22. The molecular weight excluding hydrogens is 236 g/mol. The Hall–Kier alpha value is -0.860. The Morgan fingerprint density at radius 1 is 1.37 bits per heavy atom. The van der Waals surface area contributed by atoms with E-state index in [1.165, 1.54) is 31.2 Å². The Labute approximate surface area is 115 Å². The Morgan fingerprint density at radius 3 is 3.00 bits per heavy atom. The highest BCUT2D eigenvalue weighted by Gasteiger charge is 2.44. The first-order valence-electron chi connectivity index (χ1n) is 7.69. The molecule has 0 amide bonds. The van der Waals surface area contributed by atoms with E-state index in [0.717, 1.165) is 18.6 Å². The molecule has 3 unspecified atom stereocenters. The van der Waals surface area contributed by atoms with Gasteiger partial charge in [-0.15, -0.1) is 0 Å². The maximum atomic E-state index is 9.95. The van der Waals surface area contributed by atoms with Crippen LogP contribution in [-0.2, 0) is 4.74 Å². The molecule has 0 spiro atoms. The molecule has 0 aromatic heterocycles. The van der Waals surface area contributed by atoms with Gasteiger partial charge in [-0.05, 0) is 55.1 Å². The molecule has 1 N–H and O–H groups in total. The monoisotopic (exact) mass is 260 g/mol. The summed E-state index contributed by atoms with van der Waals surface area (Å²) in [5, 5.41) is 9.95. The van der Waals surface area contributed by atoms with E-state index in [0.29, 0.717) is 17.9 Å². The fourth-order valence-corrected chi connectivity index (χ4v) is 3.34. The smallest absolute Gasteiger partial charge is 0.0787 e. The topological polar surface area (TPSA) is 29.5 Å². The van der Waals surface area contributed by atoms with Crippen molar-refractivity contribution in [2.24, 2.45) is 5.92 Å². The third kappa shape index (κ3) is 2.85. The molecular formula is C17H24O2. The highest BCUT2D eigenvalue weighted by Crippen LogP contribution is 2.52. The molecule has 1 saturated heterocycles. The van der Waals surface area contributed by atoms with Crippen molar-refractivity contribution in [2.45, 2.75) is 57.2 Å². The average Bonchev–Trinajstić information content (AvgIpc) is 3.28. The third-order valence-corrected chi connectivity index (χ3v) is 4.64. The van der Waals surface area contributed by atoms with Crippen LogP contribution in [0.25, 0.3) is 0 Å². The van der Waals surface area contributed by atoms with Crippen LogP contribution in [-0.4, -0.2) is 17.8 Å². The summed E-state index contributed by atoms with van der Waals surface area (Å²) in [5.41, 5.74) is 2.46. The maximum absolute atomic E-state index is 9.95. The SMILES string of the molecule is CCC(O)c1cccc([C@H]2CC2C2CCCCO2)c1. The van der Waals surface area contributed by atoms with Gasteiger partial charge < -0.3 is 9.84 Å². The van der Waals surface area contributed by atoms with Crippen molar-refractivity contribution in [3.63, 3.8) is 0 Å². The van der Waals surface area contributed by atoms with Gasteiger partial charge in [0.25, 0.3) is 0 Å². The first kappa shape index (κ1) is 13.1. The third-order valence-electron chi connectivity index (χ3n) is 4.64. The second kappa shape index (κ2) is 5.64. The molecule has 2 nitrogen and oxygen atoms in total. The van der Waals surface area contributed by atoms with Crippen LogP contribution in [0.4, 0.5) is 0 Å². The zero-order chi connectivity index (χ0) is 13.2. The summed E-state index contributed by atoms with van der Waals surface area (Å²) >= 11 is 0. The predicted molar refractivity (Wildman–Crippen MR) is 76.1 cm³/mol. The molecule has 2 aliphatic rings. The van der Waals surface area contributed by atoms with Gasteiger partial charge in [0.1, 0.15) is 0 Å². The fraction of sp³-hybridized carbons (Fsp3) is 0.647. The average molecular weight is 260 g/mol. The number of benzene rings is 1. The Balaban J connectivity index is 1.67. The number of hydrogen-bond donors (Lipinski definition) is 1. The van der Waals surface area contributed by atoms with E-state index in [4.69, 9.17) is 4.74 Å². The number of hydrogen-bond acceptors (Lipinski definition) is 2. The van der Waals surface area contributed by atoms with Crippen LogP contribution in [0, 0.1) is 5.92 Å². The van der Waals surface area contributed by atoms with Crippen molar-refractivity contribution in [1.82, 2.24) is 0 Å². The highest BCUT2D eigenvalue weighted by molar-refractivity contribution is 5.32. The van der Waals surface area contributed by atoms with Crippen molar-refractivity contribution in [1.29, 1.82) is 0 Å². The molecule has 0 radical (unpaired) electrons. The van der Waals surface area contributed by atoms with Crippen LogP contribution >= 0.6 is 0 Å². The van der Waals surface area contributed by atoms with E-state index in [9.17, 15) is 5.11 Å². The second-order valence-corrected chi connectivity index (χ2v) is 6.01. The Kier molecular flexibility index (Phi) is 3.90. The van der Waals surface area contributed by atoms with E-state index in [1.807, 2.05) is 13.0 Å². The van der Waals surface area contributed by atoms with E-state index in [-0.39, 0.29) is 6.10 Å². The van der Waals surface area contributed by atoms with Crippen LogP contribution in [0.3, 0.4) is 0 Å². The minimum absolute atomic E-state index is 0.317. The Bertz CT molecular complexity index is 423. The van der Waals surface area contributed by atoms with Gasteiger partial charge in [-0.1, -0.05) is 31.2 Å². The van der Waals surface area contributed by atoms with Crippen LogP contribution in [0.1, 0.15) is 62.2 Å². The molecule has 19 heavy (non-hydrogen) atoms. The van der Waals surface area contributed by atoms with Gasteiger partial charge in [-0.2, -0.15) is 0 Å². The summed E-state index contributed by atoms with van der Waals surface area (Å²) in [7, 11) is 0. The zero-order valence-electron chi connectivity index (χ0n) is 11.7. The number of aliphatic hydroxyl groups excluding tert-OH is 1. The largest absolute Gasteiger partial charge is 0.388 e. The summed E-state index contributed by atoms with van der Waals surface area (Å²) in [6.07, 6.45) is 5.99. The van der Waals surface area contributed by atoms with Crippen LogP contribution < -0.4 is 0 Å². The summed E-state index contributed by atoms with van der Waals surface area (Å²) < 4.78 is 5.90. The lowest BCUT2D eigenvalue weighted by atomic mass is 9.98. The zero-order valence-corrected chi connectivity index (χ0v) is 11.7. The van der Waals surface area contributed by atoms with Gasteiger partial charge in [-0.25, -0.2) is 0 Å². The molecule has 1 aromatic rings. The standard InChI is InChI=1S/C17H24O2/c1-2-16(18)13-7-5-6-12(10-13)14-11-15(14)17-8-3-4-9-19-17/h5-7,10,14-18H,2-4,8-9,11H2,1H3/t14-,15?,16?,17?/m1/s1. The van der Waals surface area contributed by atoms with Gasteiger partial charge in [0, 0.05) is 6.61 Å². The minimum Gasteiger partial charge on any atom is -0.388 e. The number of rotatable bonds is 4. The molecule has 1 aliphatic carbocycles. The van der Waals surface area contributed by atoms with E-state index in [1.54, 1.807) is 0 Å². The van der Waals surface area contributed by atoms with Crippen LogP contribution in [0.2, 0.25) is 0 Å². The maximum Gasteiger partial charge on any atom is 0.0787 e. The van der Waals surface area contributed by atoms with Crippen molar-refractivity contribution >= 4 is 0 Å². The number of ether oxygens (including phenoxy) is 1. The Morgan fingerprint density at radius 2 is 2.26 bits per heavy atom. The predicted octanol–water partition coefficient (Wildman–Crippen LogP) is 3.80. The van der Waals surface area contributed by atoms with Gasteiger partial charge >= 0.3 is 0 Å². The number of aliphatic hydroxyl groups is 1. The molecule has 3 rings (SSSR count). The molecule has 104 valence electrons. The van der Waals surface area contributed by atoms with Gasteiger partial charge in [-0.3, -0.25) is 0 Å². The fourth-order valence-electron chi connectivity index (χ4n) is 3.34. The molecule has 1 heterocycles. The van der Waals surface area contributed by atoms with Crippen molar-refractivity contribution in [3.05, 3.63) is 35.4 Å². The molecule has 2 fully saturated rings. The summed E-state index contributed by atoms with van der Waals surface area (Å²) in [4.78, 5) is 0. The molecule has 4 atom stereocenters. The first-order chi connectivity index (χ1) is 9.29.